The van der Waals surface area contributed by atoms with Crippen molar-refractivity contribution in [3.8, 4) is 0 Å². The fourth-order valence-corrected chi connectivity index (χ4v) is 6.09. The van der Waals surface area contributed by atoms with Crippen molar-refractivity contribution in [2.24, 2.45) is 29.1 Å². The maximum atomic E-state index is 11.7. The Hall–Kier alpha value is -1.11. The molecule has 126 valence electrons. The van der Waals surface area contributed by atoms with Gasteiger partial charge in [0.05, 0.1) is 0 Å². The van der Waals surface area contributed by atoms with E-state index in [0.717, 1.165) is 30.6 Å². The van der Waals surface area contributed by atoms with Crippen molar-refractivity contribution in [3.63, 3.8) is 0 Å². The van der Waals surface area contributed by atoms with Crippen LogP contribution in [0.5, 0.6) is 0 Å². The molecule has 4 aliphatic rings. The second kappa shape index (κ2) is 6.07. The summed E-state index contributed by atoms with van der Waals surface area (Å²) < 4.78 is 0. The van der Waals surface area contributed by atoms with Gasteiger partial charge < -0.3 is 0 Å². The van der Waals surface area contributed by atoms with Crippen molar-refractivity contribution >= 4 is 5.78 Å². The van der Waals surface area contributed by atoms with Gasteiger partial charge in [0.1, 0.15) is 0 Å². The second-order valence-electron chi connectivity index (χ2n) is 8.10. The smallest absolute Gasteiger partial charge is 0.155 e. The minimum atomic E-state index is 0. The SMILES string of the molecule is C.CC/C=C1/CCC2C3C=CC4=CC(=O)CCC4C3CCC12C. The van der Waals surface area contributed by atoms with Gasteiger partial charge in [-0.05, 0) is 79.3 Å². The lowest BCUT2D eigenvalue weighted by Crippen LogP contribution is -2.43. The fraction of sp³-hybridized carbons (Fsp3) is 0.682. The molecule has 0 spiro atoms. The van der Waals surface area contributed by atoms with E-state index in [1.807, 2.05) is 6.08 Å². The Kier molecular flexibility index (Phi) is 4.42. The zero-order valence-electron chi connectivity index (χ0n) is 14.0. The summed E-state index contributed by atoms with van der Waals surface area (Å²) in [7, 11) is 0. The van der Waals surface area contributed by atoms with E-state index in [2.05, 4.69) is 32.1 Å². The molecule has 0 saturated heterocycles. The Morgan fingerprint density at radius 1 is 1.26 bits per heavy atom. The van der Waals surface area contributed by atoms with Gasteiger partial charge in [-0.3, -0.25) is 4.79 Å². The number of hydrogen-bond acceptors (Lipinski definition) is 1. The van der Waals surface area contributed by atoms with Crippen molar-refractivity contribution in [1.82, 2.24) is 0 Å². The standard InChI is InChI=1S/C21H28O.CH4/c1-3-4-15-6-10-20-19-8-5-14-13-16(22)7-9-17(14)18(19)11-12-21(15,20)2;/h4-5,8,13,17-20H,3,6-7,9-12H2,1-2H3;1H4/b15-4-;. The first-order valence-corrected chi connectivity index (χ1v) is 9.25. The van der Waals surface area contributed by atoms with E-state index in [-0.39, 0.29) is 7.43 Å². The lowest BCUT2D eigenvalue weighted by Gasteiger charge is -2.50. The van der Waals surface area contributed by atoms with Crippen LogP contribution in [0.25, 0.3) is 0 Å². The van der Waals surface area contributed by atoms with Crippen molar-refractivity contribution < 1.29 is 4.79 Å². The van der Waals surface area contributed by atoms with E-state index in [1.165, 1.54) is 37.7 Å². The third-order valence-electron chi connectivity index (χ3n) is 7.17. The maximum absolute atomic E-state index is 11.7. The molecule has 0 radical (unpaired) electrons. The molecular weight excluding hydrogens is 280 g/mol. The second-order valence-corrected chi connectivity index (χ2v) is 8.10. The summed E-state index contributed by atoms with van der Waals surface area (Å²) in [5.74, 6) is 3.38. The van der Waals surface area contributed by atoms with Gasteiger partial charge in [-0.25, -0.2) is 0 Å². The molecule has 1 nitrogen and oxygen atoms in total. The van der Waals surface area contributed by atoms with Crippen molar-refractivity contribution in [2.45, 2.75) is 66.2 Å². The van der Waals surface area contributed by atoms with Crippen LogP contribution in [0.15, 0.2) is 35.5 Å². The van der Waals surface area contributed by atoms with Crippen molar-refractivity contribution in [1.29, 1.82) is 0 Å². The third-order valence-corrected chi connectivity index (χ3v) is 7.17. The maximum Gasteiger partial charge on any atom is 0.155 e. The minimum Gasteiger partial charge on any atom is -0.295 e. The van der Waals surface area contributed by atoms with Crippen molar-refractivity contribution in [2.75, 3.05) is 0 Å². The lowest BCUT2D eigenvalue weighted by molar-refractivity contribution is -0.115. The van der Waals surface area contributed by atoms with E-state index in [0.29, 0.717) is 17.1 Å². The number of carbonyl (C=O) groups is 1. The largest absolute Gasteiger partial charge is 0.295 e. The first kappa shape index (κ1) is 16.7. The molecule has 5 atom stereocenters. The highest BCUT2D eigenvalue weighted by Gasteiger charge is 2.53. The van der Waals surface area contributed by atoms with Crippen LogP contribution >= 0.6 is 0 Å². The van der Waals surface area contributed by atoms with Crippen LogP contribution in [-0.2, 0) is 4.79 Å². The topological polar surface area (TPSA) is 17.1 Å². The first-order chi connectivity index (χ1) is 10.6. The Balaban J connectivity index is 0.00000156. The molecule has 0 N–H and O–H groups in total. The Labute approximate surface area is 141 Å². The number of ketones is 1. The van der Waals surface area contributed by atoms with Crippen molar-refractivity contribution in [3.05, 3.63) is 35.5 Å². The molecule has 2 saturated carbocycles. The van der Waals surface area contributed by atoms with Crippen LogP contribution in [0.4, 0.5) is 0 Å². The third kappa shape index (κ3) is 2.47. The summed E-state index contributed by atoms with van der Waals surface area (Å²) in [6, 6.07) is 0. The van der Waals surface area contributed by atoms with Gasteiger partial charge in [0, 0.05) is 6.42 Å². The monoisotopic (exact) mass is 312 g/mol. The van der Waals surface area contributed by atoms with E-state index in [1.54, 1.807) is 5.57 Å². The highest BCUT2D eigenvalue weighted by Crippen LogP contribution is 2.62. The summed E-state index contributed by atoms with van der Waals surface area (Å²) in [4.78, 5) is 11.7. The van der Waals surface area contributed by atoms with Crippen LogP contribution in [0.1, 0.15) is 66.2 Å². The molecule has 23 heavy (non-hydrogen) atoms. The van der Waals surface area contributed by atoms with Crippen LogP contribution in [0.2, 0.25) is 0 Å². The number of allylic oxidation sites excluding steroid dienone is 6. The van der Waals surface area contributed by atoms with Gasteiger partial charge in [-0.1, -0.05) is 45.1 Å². The number of hydrogen-bond donors (Lipinski definition) is 0. The molecule has 0 aliphatic heterocycles. The predicted molar refractivity (Wildman–Crippen MR) is 97.1 cm³/mol. The molecule has 2 fully saturated rings. The summed E-state index contributed by atoms with van der Waals surface area (Å²) in [6.07, 6.45) is 17.7. The molecule has 4 aliphatic carbocycles. The number of carbonyl (C=O) groups excluding carboxylic acids is 1. The van der Waals surface area contributed by atoms with E-state index >= 15 is 0 Å². The fourth-order valence-electron chi connectivity index (χ4n) is 6.09. The number of fused-ring (bicyclic) bond motifs is 5. The molecule has 1 heteroatoms. The lowest BCUT2D eigenvalue weighted by atomic mass is 9.54. The molecular formula is C22H32O. The molecule has 0 aromatic rings. The summed E-state index contributed by atoms with van der Waals surface area (Å²) in [6.45, 7) is 4.80. The molecule has 0 heterocycles. The summed E-state index contributed by atoms with van der Waals surface area (Å²) >= 11 is 0. The molecule has 0 aromatic heterocycles. The number of rotatable bonds is 1. The average Bonchev–Trinajstić information content (AvgIpc) is 2.84. The van der Waals surface area contributed by atoms with E-state index < -0.39 is 0 Å². The predicted octanol–water partition coefficient (Wildman–Crippen LogP) is 5.88. The van der Waals surface area contributed by atoms with Crippen LogP contribution in [0, 0.1) is 29.1 Å². The Morgan fingerprint density at radius 3 is 2.87 bits per heavy atom. The zero-order valence-corrected chi connectivity index (χ0v) is 14.0. The Bertz CT molecular complexity index is 579. The Morgan fingerprint density at radius 2 is 2.09 bits per heavy atom. The first-order valence-electron chi connectivity index (χ1n) is 9.25. The molecule has 0 amide bonds. The van der Waals surface area contributed by atoms with Crippen LogP contribution in [0.3, 0.4) is 0 Å². The van der Waals surface area contributed by atoms with Gasteiger partial charge in [0.25, 0.3) is 0 Å². The van der Waals surface area contributed by atoms with E-state index in [4.69, 9.17) is 0 Å². The van der Waals surface area contributed by atoms with Crippen LogP contribution < -0.4 is 0 Å². The van der Waals surface area contributed by atoms with Crippen LogP contribution in [-0.4, -0.2) is 5.78 Å². The van der Waals surface area contributed by atoms with Gasteiger partial charge in [-0.15, -0.1) is 0 Å². The molecule has 5 unspecified atom stereocenters. The van der Waals surface area contributed by atoms with Gasteiger partial charge in [-0.2, -0.15) is 0 Å². The highest BCUT2D eigenvalue weighted by molar-refractivity contribution is 5.91. The summed E-state index contributed by atoms with van der Waals surface area (Å²) in [5.41, 5.74) is 3.53. The van der Waals surface area contributed by atoms with Gasteiger partial charge >= 0.3 is 0 Å². The summed E-state index contributed by atoms with van der Waals surface area (Å²) in [5, 5.41) is 0. The van der Waals surface area contributed by atoms with E-state index in [9.17, 15) is 4.79 Å². The molecule has 0 aromatic carbocycles. The normalized spacial score (nSPS) is 43.3. The molecule has 0 bridgehead atoms. The quantitative estimate of drug-likeness (QED) is 0.553. The average molecular weight is 312 g/mol. The highest BCUT2D eigenvalue weighted by atomic mass is 16.1. The molecule has 4 rings (SSSR count). The zero-order chi connectivity index (χ0) is 15.3. The van der Waals surface area contributed by atoms with Gasteiger partial charge in [0.2, 0.25) is 0 Å². The minimum absolute atomic E-state index is 0. The van der Waals surface area contributed by atoms with Gasteiger partial charge in [0.15, 0.2) is 5.78 Å².